The van der Waals surface area contributed by atoms with E-state index in [-0.39, 0.29) is 0 Å². The third-order valence-corrected chi connectivity index (χ3v) is 5.85. The van der Waals surface area contributed by atoms with Crippen LogP contribution in [0.3, 0.4) is 0 Å². The molecule has 144 valence electrons. The fourth-order valence-corrected chi connectivity index (χ4v) is 4.49. The predicted octanol–water partition coefficient (Wildman–Crippen LogP) is 5.63. The molecule has 0 heterocycles. The first kappa shape index (κ1) is 20.2. The summed E-state index contributed by atoms with van der Waals surface area (Å²) in [6.45, 7) is -1.31. The van der Waals surface area contributed by atoms with E-state index in [9.17, 15) is 18.0 Å². The van der Waals surface area contributed by atoms with E-state index in [1.165, 1.54) is 0 Å². The number of alkyl halides is 4. The maximum atomic E-state index is 13.2. The van der Waals surface area contributed by atoms with Crippen LogP contribution in [0.15, 0.2) is 48.5 Å². The first-order valence-corrected chi connectivity index (χ1v) is 10.5. The zero-order valence-corrected chi connectivity index (χ0v) is 16.9. The fourth-order valence-electron chi connectivity index (χ4n) is 3.95. The molecular weight excluding hydrogens is 466 g/mol. The Morgan fingerprint density at radius 2 is 1.48 bits per heavy atom. The highest BCUT2D eigenvalue weighted by Crippen LogP contribution is 2.51. The molecule has 0 bridgehead atoms. The number of hydrogen-bond acceptors (Lipinski definition) is 1. The van der Waals surface area contributed by atoms with E-state index in [1.54, 1.807) is 0 Å². The van der Waals surface area contributed by atoms with Crippen molar-refractivity contribution in [2.45, 2.75) is 37.3 Å². The van der Waals surface area contributed by atoms with Gasteiger partial charge in [-0.3, -0.25) is 4.79 Å². The summed E-state index contributed by atoms with van der Waals surface area (Å²) in [5.74, 6) is -0.563. The molecule has 0 atom stereocenters. The molecule has 0 radical (unpaired) electrons. The number of unbranched alkanes of at least 4 members (excludes halogenated alkanes) is 2. The third kappa shape index (κ3) is 4.00. The number of benzene rings is 2. The van der Waals surface area contributed by atoms with Gasteiger partial charge in [-0.05, 0) is 39.5 Å². The van der Waals surface area contributed by atoms with Gasteiger partial charge in [0.15, 0.2) is 0 Å². The minimum Gasteiger partial charge on any atom is -0.346 e. The minimum atomic E-state index is -4.43. The summed E-state index contributed by atoms with van der Waals surface area (Å²) >= 11 is 2.31. The quantitative estimate of drug-likeness (QED) is 0.306. The van der Waals surface area contributed by atoms with E-state index in [1.807, 2.05) is 48.5 Å². The smallest absolute Gasteiger partial charge is 0.346 e. The lowest BCUT2D eigenvalue weighted by Crippen LogP contribution is -2.47. The number of hydrogen-bond donors (Lipinski definition) is 1. The van der Waals surface area contributed by atoms with Crippen molar-refractivity contribution in [2.75, 3.05) is 11.0 Å². The maximum absolute atomic E-state index is 13.2. The molecule has 2 nitrogen and oxygen atoms in total. The van der Waals surface area contributed by atoms with Gasteiger partial charge in [-0.2, -0.15) is 13.2 Å². The van der Waals surface area contributed by atoms with Gasteiger partial charge in [-0.25, -0.2) is 0 Å². The van der Waals surface area contributed by atoms with Crippen LogP contribution < -0.4 is 5.32 Å². The second-order valence-corrected chi connectivity index (χ2v) is 7.87. The molecule has 27 heavy (non-hydrogen) atoms. The van der Waals surface area contributed by atoms with Gasteiger partial charge in [0.05, 0.1) is 0 Å². The summed E-state index contributed by atoms with van der Waals surface area (Å²) in [5.41, 5.74) is 2.41. The van der Waals surface area contributed by atoms with Crippen LogP contribution in [0.5, 0.6) is 0 Å². The largest absolute Gasteiger partial charge is 0.405 e. The zero-order chi connectivity index (χ0) is 19.5. The van der Waals surface area contributed by atoms with Crippen molar-refractivity contribution in [1.29, 1.82) is 0 Å². The second kappa shape index (κ2) is 8.20. The average molecular weight is 487 g/mol. The van der Waals surface area contributed by atoms with Crippen molar-refractivity contribution in [1.82, 2.24) is 5.32 Å². The van der Waals surface area contributed by atoms with Gasteiger partial charge in [0, 0.05) is 0 Å². The van der Waals surface area contributed by atoms with Gasteiger partial charge < -0.3 is 5.32 Å². The van der Waals surface area contributed by atoms with Crippen LogP contribution in [-0.2, 0) is 10.2 Å². The van der Waals surface area contributed by atoms with E-state index in [2.05, 4.69) is 27.9 Å². The Morgan fingerprint density at radius 3 is 2.00 bits per heavy atom. The molecule has 2 aromatic carbocycles. The van der Waals surface area contributed by atoms with E-state index in [0.29, 0.717) is 6.42 Å². The molecule has 0 unspecified atom stereocenters. The molecule has 1 N–H and O–H groups in total. The number of carbonyl (C=O) groups excluding carboxylic acids is 1. The van der Waals surface area contributed by atoms with Gasteiger partial charge in [0.1, 0.15) is 12.0 Å². The predicted molar refractivity (Wildman–Crippen MR) is 109 cm³/mol. The number of fused-ring (bicyclic) bond motifs is 3. The van der Waals surface area contributed by atoms with E-state index >= 15 is 0 Å². The summed E-state index contributed by atoms with van der Waals surface area (Å²) < 4.78 is 39.3. The Morgan fingerprint density at radius 1 is 0.926 bits per heavy atom. The molecule has 0 saturated carbocycles. The fraction of sp³-hybridized carbons (Fsp3) is 0.381. The van der Waals surface area contributed by atoms with Crippen molar-refractivity contribution in [2.24, 2.45) is 0 Å². The molecular formula is C21H21F3INO. The molecule has 1 aliphatic carbocycles. The first-order valence-electron chi connectivity index (χ1n) is 9.00. The molecule has 1 aliphatic rings. The minimum absolute atomic E-state index is 0.501. The van der Waals surface area contributed by atoms with Crippen molar-refractivity contribution < 1.29 is 18.0 Å². The Labute approximate surface area is 170 Å². The number of rotatable bonds is 7. The van der Waals surface area contributed by atoms with Gasteiger partial charge in [-0.15, -0.1) is 0 Å². The monoisotopic (exact) mass is 487 g/mol. The average Bonchev–Trinajstić information content (AvgIpc) is 2.94. The standard InChI is InChI=1S/C21H21F3INO/c22-21(23,24)14-26-19(27)20(12-6-1-7-13-25)17-10-4-2-8-15(17)16-9-3-5-11-18(16)20/h2-5,8-11H,1,6-7,12-14H2,(H,26,27). The summed E-state index contributed by atoms with van der Waals surface area (Å²) in [5, 5.41) is 2.16. The lowest BCUT2D eigenvalue weighted by molar-refractivity contribution is -0.141. The summed E-state index contributed by atoms with van der Waals surface area (Å²) in [7, 11) is 0. The van der Waals surface area contributed by atoms with Crippen molar-refractivity contribution in [3.8, 4) is 11.1 Å². The zero-order valence-electron chi connectivity index (χ0n) is 14.8. The Bertz CT molecular complexity index is 774. The maximum Gasteiger partial charge on any atom is 0.405 e. The third-order valence-electron chi connectivity index (χ3n) is 5.09. The van der Waals surface area contributed by atoms with Crippen molar-refractivity contribution >= 4 is 28.5 Å². The molecule has 0 fully saturated rings. The number of carbonyl (C=O) groups is 1. The van der Waals surface area contributed by atoms with Crippen molar-refractivity contribution in [3.05, 3.63) is 59.7 Å². The highest BCUT2D eigenvalue weighted by atomic mass is 127. The summed E-state index contributed by atoms with van der Waals surface area (Å²) in [6.07, 6.45) is -1.17. The topological polar surface area (TPSA) is 29.1 Å². The van der Waals surface area contributed by atoms with Crippen LogP contribution in [0.4, 0.5) is 13.2 Å². The van der Waals surface area contributed by atoms with Crippen LogP contribution in [0.2, 0.25) is 0 Å². The van der Waals surface area contributed by atoms with Gasteiger partial charge in [0.25, 0.3) is 0 Å². The van der Waals surface area contributed by atoms with Crippen molar-refractivity contribution in [3.63, 3.8) is 0 Å². The van der Waals surface area contributed by atoms with E-state index < -0.39 is 24.0 Å². The van der Waals surface area contributed by atoms with Gasteiger partial charge in [-0.1, -0.05) is 84.0 Å². The van der Waals surface area contributed by atoms with E-state index in [0.717, 1.165) is 45.9 Å². The van der Waals surface area contributed by atoms with Gasteiger partial charge >= 0.3 is 6.18 Å². The molecule has 2 aromatic rings. The SMILES string of the molecule is O=C(NCC(F)(F)F)C1(CCCCCI)c2ccccc2-c2ccccc21. The van der Waals surface area contributed by atoms with Gasteiger partial charge in [0.2, 0.25) is 5.91 Å². The molecule has 6 heteroatoms. The molecule has 0 saturated heterocycles. The normalized spacial score (nSPS) is 14.5. The first-order chi connectivity index (χ1) is 12.9. The Kier molecular flexibility index (Phi) is 6.13. The van der Waals surface area contributed by atoms with Crippen LogP contribution in [0.1, 0.15) is 36.8 Å². The van der Waals surface area contributed by atoms with Crippen LogP contribution in [0.25, 0.3) is 11.1 Å². The highest BCUT2D eigenvalue weighted by molar-refractivity contribution is 14.1. The molecule has 0 aliphatic heterocycles. The number of halogens is 4. The molecule has 1 amide bonds. The van der Waals surface area contributed by atoms with E-state index in [4.69, 9.17) is 0 Å². The summed E-state index contributed by atoms with van der Waals surface area (Å²) in [4.78, 5) is 13.2. The number of nitrogens with one attached hydrogen (secondary N) is 1. The van der Waals surface area contributed by atoms with Crippen LogP contribution in [0, 0.1) is 0 Å². The highest BCUT2D eigenvalue weighted by Gasteiger charge is 2.49. The summed E-state index contributed by atoms with van der Waals surface area (Å²) in [6, 6.07) is 15.1. The molecule has 0 aromatic heterocycles. The lowest BCUT2D eigenvalue weighted by atomic mass is 9.73. The molecule has 3 rings (SSSR count). The Balaban J connectivity index is 2.05. The Hall–Kier alpha value is -1.57. The second-order valence-electron chi connectivity index (χ2n) is 6.79. The molecule has 0 spiro atoms. The van der Waals surface area contributed by atoms with Crippen LogP contribution >= 0.6 is 22.6 Å². The number of amides is 1. The van der Waals surface area contributed by atoms with Crippen LogP contribution in [-0.4, -0.2) is 23.1 Å². The lowest BCUT2D eigenvalue weighted by Gasteiger charge is -2.31.